The molecule has 0 saturated carbocycles. The number of nitrogens with one attached hydrogen (secondary N) is 1. The average molecular weight is 262 g/mol. The maximum Gasteiger partial charge on any atom is 0.433 e. The Labute approximate surface area is 101 Å². The average Bonchev–Trinajstić information content (AvgIpc) is 2.18. The van der Waals surface area contributed by atoms with Crippen LogP contribution in [0.25, 0.3) is 0 Å². The number of primary amides is 1. The maximum atomic E-state index is 12.4. The van der Waals surface area contributed by atoms with Crippen molar-refractivity contribution < 1.29 is 18.0 Å². The fourth-order valence-electron chi connectivity index (χ4n) is 1.36. The van der Waals surface area contributed by atoms with Gasteiger partial charge in [0.1, 0.15) is 5.69 Å². The van der Waals surface area contributed by atoms with Crippen molar-refractivity contribution >= 4 is 17.3 Å². The van der Waals surface area contributed by atoms with Gasteiger partial charge in [-0.25, -0.2) is 4.98 Å². The summed E-state index contributed by atoms with van der Waals surface area (Å²) in [6, 6.07) is 0.376. The molecule has 0 aromatic carbocycles. The molecule has 0 aliphatic heterocycles. The number of hydrogen-bond donors (Lipinski definition) is 3. The third kappa shape index (κ3) is 3.79. The van der Waals surface area contributed by atoms with E-state index in [4.69, 9.17) is 11.5 Å². The highest BCUT2D eigenvalue weighted by Gasteiger charge is 2.33. The van der Waals surface area contributed by atoms with Crippen LogP contribution < -0.4 is 16.8 Å². The Bertz CT molecular complexity index is 447. The highest BCUT2D eigenvalue weighted by molar-refractivity contribution is 5.75. The van der Waals surface area contributed by atoms with Crippen molar-refractivity contribution in [2.24, 2.45) is 5.73 Å². The molecule has 1 atom stereocenters. The van der Waals surface area contributed by atoms with Gasteiger partial charge in [-0.3, -0.25) is 4.79 Å². The number of nitrogens with zero attached hydrogens (tertiary/aromatic N) is 1. The maximum absolute atomic E-state index is 12.4. The second kappa shape index (κ2) is 5.11. The number of halogens is 3. The molecule has 1 unspecified atom stereocenters. The van der Waals surface area contributed by atoms with Crippen LogP contribution in [0.5, 0.6) is 0 Å². The first-order chi connectivity index (χ1) is 8.20. The number of aromatic nitrogens is 1. The summed E-state index contributed by atoms with van der Waals surface area (Å²) in [5.41, 5.74) is 9.58. The van der Waals surface area contributed by atoms with Gasteiger partial charge in [-0.05, 0) is 13.0 Å². The van der Waals surface area contributed by atoms with Gasteiger partial charge in [-0.15, -0.1) is 0 Å². The monoisotopic (exact) mass is 262 g/mol. The molecule has 1 rings (SSSR count). The lowest BCUT2D eigenvalue weighted by atomic mass is 10.2. The van der Waals surface area contributed by atoms with E-state index >= 15 is 0 Å². The van der Waals surface area contributed by atoms with Crippen LogP contribution in [0.3, 0.4) is 0 Å². The fraction of sp³-hybridized carbons (Fsp3) is 0.400. The molecule has 1 heterocycles. The standard InChI is InChI=1S/C10H13F3N4O/c1-5(2-9(15)18)17-7-3-8(10(11,12)13)16-4-6(7)14/h3-5H,2,14H2,1H3,(H2,15,18)(H,16,17). The number of alkyl halides is 3. The lowest BCUT2D eigenvalue weighted by Crippen LogP contribution is -2.24. The van der Waals surface area contributed by atoms with Gasteiger partial charge in [0.05, 0.1) is 17.6 Å². The van der Waals surface area contributed by atoms with Crippen LogP contribution in [0.4, 0.5) is 24.5 Å². The van der Waals surface area contributed by atoms with Crippen molar-refractivity contribution in [3.63, 3.8) is 0 Å². The predicted octanol–water partition coefficient (Wildman–Crippen LogP) is 1.36. The van der Waals surface area contributed by atoms with Crippen molar-refractivity contribution in [2.45, 2.75) is 25.6 Å². The molecule has 0 saturated heterocycles. The molecular formula is C10H13F3N4O. The number of nitrogens with two attached hydrogens (primary N) is 2. The van der Waals surface area contributed by atoms with Crippen molar-refractivity contribution in [3.05, 3.63) is 18.0 Å². The Kier molecular flexibility index (Phi) is 4.00. The summed E-state index contributed by atoms with van der Waals surface area (Å²) in [5.74, 6) is -0.557. The van der Waals surface area contributed by atoms with Gasteiger partial charge in [0.15, 0.2) is 0 Å². The predicted molar refractivity (Wildman–Crippen MR) is 60.5 cm³/mol. The van der Waals surface area contributed by atoms with E-state index in [9.17, 15) is 18.0 Å². The van der Waals surface area contributed by atoms with E-state index < -0.39 is 23.8 Å². The van der Waals surface area contributed by atoms with E-state index in [1.165, 1.54) is 0 Å². The van der Waals surface area contributed by atoms with Crippen LogP contribution in [0, 0.1) is 0 Å². The molecule has 0 bridgehead atoms. The molecule has 0 fully saturated rings. The van der Waals surface area contributed by atoms with Crippen LogP contribution in [-0.4, -0.2) is 16.9 Å². The first kappa shape index (κ1) is 14.1. The number of pyridine rings is 1. The Balaban J connectivity index is 2.91. The van der Waals surface area contributed by atoms with Crippen LogP contribution in [0.1, 0.15) is 19.0 Å². The summed E-state index contributed by atoms with van der Waals surface area (Å²) in [6.07, 6.45) is -3.64. The van der Waals surface area contributed by atoms with Gasteiger partial charge in [0.25, 0.3) is 0 Å². The lowest BCUT2D eigenvalue weighted by molar-refractivity contribution is -0.141. The van der Waals surface area contributed by atoms with Crippen molar-refractivity contribution in [1.82, 2.24) is 4.98 Å². The van der Waals surface area contributed by atoms with Crippen molar-refractivity contribution in [2.75, 3.05) is 11.1 Å². The summed E-state index contributed by atoms with van der Waals surface area (Å²) in [6.45, 7) is 1.61. The van der Waals surface area contributed by atoms with Gasteiger partial charge >= 0.3 is 6.18 Å². The highest BCUT2D eigenvalue weighted by atomic mass is 19.4. The summed E-state index contributed by atoms with van der Waals surface area (Å²) in [7, 11) is 0. The minimum Gasteiger partial charge on any atom is -0.396 e. The first-order valence-electron chi connectivity index (χ1n) is 5.07. The number of carbonyl (C=O) groups excluding carboxylic acids is 1. The number of hydrogen-bond acceptors (Lipinski definition) is 4. The van der Waals surface area contributed by atoms with Crippen molar-refractivity contribution in [3.8, 4) is 0 Å². The molecule has 0 aliphatic carbocycles. The van der Waals surface area contributed by atoms with Crippen LogP contribution in [-0.2, 0) is 11.0 Å². The van der Waals surface area contributed by atoms with Gasteiger partial charge < -0.3 is 16.8 Å². The second-order valence-electron chi connectivity index (χ2n) is 3.87. The molecule has 5 nitrogen and oxygen atoms in total. The van der Waals surface area contributed by atoms with Gasteiger partial charge in [0.2, 0.25) is 5.91 Å². The molecule has 1 amide bonds. The Hall–Kier alpha value is -1.99. The van der Waals surface area contributed by atoms with E-state index in [2.05, 4.69) is 10.3 Å². The summed E-state index contributed by atoms with van der Waals surface area (Å²) < 4.78 is 37.3. The van der Waals surface area contributed by atoms with Crippen LogP contribution in [0.2, 0.25) is 0 Å². The highest BCUT2D eigenvalue weighted by Crippen LogP contribution is 2.31. The molecule has 5 N–H and O–H groups in total. The minimum absolute atomic E-state index is 0.0108. The van der Waals surface area contributed by atoms with Gasteiger partial charge in [-0.2, -0.15) is 13.2 Å². The lowest BCUT2D eigenvalue weighted by Gasteiger charge is -2.16. The Morgan fingerprint density at radius 3 is 2.67 bits per heavy atom. The third-order valence-corrected chi connectivity index (χ3v) is 2.13. The van der Waals surface area contributed by atoms with E-state index in [1.54, 1.807) is 6.92 Å². The number of nitrogen functional groups attached to an aromatic ring is 1. The summed E-state index contributed by atoms with van der Waals surface area (Å²) >= 11 is 0. The van der Waals surface area contributed by atoms with E-state index in [1.807, 2.05) is 0 Å². The van der Waals surface area contributed by atoms with Crippen molar-refractivity contribution in [1.29, 1.82) is 0 Å². The molecule has 1 aromatic heterocycles. The van der Waals surface area contributed by atoms with E-state index in [0.717, 1.165) is 12.3 Å². The largest absolute Gasteiger partial charge is 0.433 e. The minimum atomic E-state index is -4.54. The molecule has 100 valence electrons. The third-order valence-electron chi connectivity index (χ3n) is 2.13. The Morgan fingerprint density at radius 1 is 1.56 bits per heavy atom. The van der Waals surface area contributed by atoms with E-state index in [-0.39, 0.29) is 17.8 Å². The number of carbonyl (C=O) groups is 1. The number of amides is 1. The molecule has 18 heavy (non-hydrogen) atoms. The SMILES string of the molecule is CC(CC(N)=O)Nc1cc(C(F)(F)F)ncc1N. The summed E-state index contributed by atoms with van der Waals surface area (Å²) in [4.78, 5) is 13.9. The molecule has 8 heteroatoms. The molecule has 0 aliphatic rings. The molecule has 1 aromatic rings. The molecular weight excluding hydrogens is 249 g/mol. The topological polar surface area (TPSA) is 94.0 Å². The van der Waals surface area contributed by atoms with E-state index in [0.29, 0.717) is 0 Å². The molecule has 0 radical (unpaired) electrons. The zero-order valence-corrected chi connectivity index (χ0v) is 9.58. The number of anilines is 2. The normalized spacial score (nSPS) is 13.1. The first-order valence-corrected chi connectivity index (χ1v) is 5.07. The fourth-order valence-corrected chi connectivity index (χ4v) is 1.36. The Morgan fingerprint density at radius 2 is 2.17 bits per heavy atom. The summed E-state index contributed by atoms with van der Waals surface area (Å²) in [5, 5.41) is 2.69. The van der Waals surface area contributed by atoms with Gasteiger partial charge in [0, 0.05) is 12.5 Å². The molecule has 0 spiro atoms. The second-order valence-corrected chi connectivity index (χ2v) is 3.87. The van der Waals surface area contributed by atoms with Gasteiger partial charge in [-0.1, -0.05) is 0 Å². The van der Waals surface area contributed by atoms with Crippen LogP contribution >= 0.6 is 0 Å². The quantitative estimate of drug-likeness (QED) is 0.763. The zero-order chi connectivity index (χ0) is 13.9. The smallest absolute Gasteiger partial charge is 0.396 e. The number of rotatable bonds is 4. The zero-order valence-electron chi connectivity index (χ0n) is 9.58. The van der Waals surface area contributed by atoms with Crippen LogP contribution in [0.15, 0.2) is 12.3 Å².